The molecule has 2 aliphatic heterocycles. The van der Waals surface area contributed by atoms with Gasteiger partial charge in [0.2, 0.25) is 0 Å². The van der Waals surface area contributed by atoms with Gasteiger partial charge >= 0.3 is 0 Å². The van der Waals surface area contributed by atoms with Crippen molar-refractivity contribution in [3.8, 4) is 0 Å². The SMILES string of the molecule is CC(C)c1cc(C(C)C)c(S(=O)(=O)OCC2OC(OC3C(N=C([O-])OC(C)(C)C)CC(N=C([O-])OC(C)(C)C)C(OC4OC(CN=C([O-])OC(C)(C)C)C(O)CC4N=C([O-])OC(C)(C)C)C3O)C(O)C(N=C([O-])OC(C)(C)C)C2O)c(C(C)C)c1. The summed E-state index contributed by atoms with van der Waals surface area (Å²) in [6, 6.07) is -2.94. The molecule has 1 aromatic carbocycles. The molecule has 2 heterocycles. The molecule has 27 heteroatoms. The van der Waals surface area contributed by atoms with Crippen molar-refractivity contribution in [2.75, 3.05) is 13.2 Å². The van der Waals surface area contributed by atoms with Gasteiger partial charge in [-0.2, -0.15) is 8.42 Å². The zero-order valence-corrected chi connectivity index (χ0v) is 54.0. The molecule has 488 valence electrons. The van der Waals surface area contributed by atoms with Gasteiger partial charge in [0.15, 0.2) is 12.6 Å². The highest BCUT2D eigenvalue weighted by Crippen LogP contribution is 2.39. The lowest BCUT2D eigenvalue weighted by atomic mass is 9.83. The van der Waals surface area contributed by atoms with Crippen LogP contribution in [0.25, 0.3) is 0 Å². The standard InChI is InChI=1S/C58H99N5O21S/c1-28(2)31-22-32(29(3)4)46(33(23-31)30(5)6)85(73,74)75-27-39-41(65)40(63-53(72)84-58(19,20)21)42(66)48(77-39)79-45-35(61-51(70)82-56(13,14)15)24-34(60-50(69)81-55(10,11)12)44(43(45)67)78-47-36(62-52(71)83-57(16,17)18)25-37(64)38(76-47)26-59-49(68)80-54(7,8)9/h22-23,28-30,34-45,47-48,64-67H,24-27H2,1-21H3,(H,59,68)(H,60,69)(H,61,70)(H,62,71)(H,63,72)/p-5. The highest BCUT2D eigenvalue weighted by molar-refractivity contribution is 7.86. The molecule has 0 amide bonds. The normalized spacial score (nSPS) is 29.6. The Morgan fingerprint density at radius 1 is 0.529 bits per heavy atom. The predicted octanol–water partition coefficient (Wildman–Crippen LogP) is 1.35. The van der Waals surface area contributed by atoms with Gasteiger partial charge in [0.05, 0.1) is 31.3 Å². The topological polar surface area (TPSA) is 384 Å². The number of aliphatic hydroxyl groups excluding tert-OH is 4. The molecule has 4 rings (SSSR count). The summed E-state index contributed by atoms with van der Waals surface area (Å²) in [5, 5.41) is 115. The van der Waals surface area contributed by atoms with Crippen LogP contribution in [0.1, 0.15) is 193 Å². The van der Waals surface area contributed by atoms with E-state index in [2.05, 4.69) is 25.0 Å². The second kappa shape index (κ2) is 28.5. The van der Waals surface area contributed by atoms with E-state index in [0.29, 0.717) is 11.1 Å². The molecule has 85 heavy (non-hydrogen) atoms. The zero-order chi connectivity index (χ0) is 64.9. The van der Waals surface area contributed by atoms with Crippen molar-refractivity contribution >= 4 is 40.5 Å². The van der Waals surface area contributed by atoms with Crippen LogP contribution in [0.15, 0.2) is 42.0 Å². The van der Waals surface area contributed by atoms with Crippen molar-refractivity contribution in [3.05, 3.63) is 28.8 Å². The maximum atomic E-state index is 14.6. The first-order valence-corrected chi connectivity index (χ1v) is 30.1. The van der Waals surface area contributed by atoms with Crippen LogP contribution < -0.4 is 25.5 Å². The van der Waals surface area contributed by atoms with E-state index < -0.39 is 180 Å². The molecule has 2 saturated heterocycles. The van der Waals surface area contributed by atoms with Gasteiger partial charge in [0.25, 0.3) is 10.1 Å². The molecule has 4 N–H and O–H groups in total. The Morgan fingerprint density at radius 2 is 0.918 bits per heavy atom. The third-order valence-corrected chi connectivity index (χ3v) is 14.3. The number of aliphatic imine (C=N–C) groups is 5. The first-order valence-electron chi connectivity index (χ1n) is 28.7. The van der Waals surface area contributed by atoms with E-state index in [9.17, 15) is 54.4 Å². The molecule has 26 nitrogen and oxygen atoms in total. The molecule has 0 aromatic heterocycles. The molecule has 0 spiro atoms. The second-order valence-electron chi connectivity index (χ2n) is 27.5. The lowest BCUT2D eigenvalue weighted by molar-refractivity contribution is -0.317. The monoisotopic (exact) mass is 1230 g/mol. The Bertz CT molecular complexity index is 2600. The summed E-state index contributed by atoms with van der Waals surface area (Å²) in [6.07, 6.45) is -25.3. The number of aliphatic hydroxyl groups is 4. The van der Waals surface area contributed by atoms with Crippen molar-refractivity contribution in [3.63, 3.8) is 0 Å². The number of nitrogens with zero attached hydrogens (tertiary/aromatic N) is 5. The van der Waals surface area contributed by atoms with Gasteiger partial charge in [-0.25, -0.2) is 0 Å². The Balaban J connectivity index is 1.95. The molecule has 0 bridgehead atoms. The fourth-order valence-electron chi connectivity index (χ4n) is 9.18. The van der Waals surface area contributed by atoms with Crippen LogP contribution in [0, 0.1) is 0 Å². The summed E-state index contributed by atoms with van der Waals surface area (Å²) >= 11 is 0. The fourth-order valence-corrected chi connectivity index (χ4v) is 10.8. The highest BCUT2D eigenvalue weighted by atomic mass is 32.2. The summed E-state index contributed by atoms with van der Waals surface area (Å²) in [4.78, 5) is 20.4. The van der Waals surface area contributed by atoms with Crippen LogP contribution in [0.5, 0.6) is 0 Å². The lowest BCUT2D eigenvalue weighted by Crippen LogP contribution is -2.64. The Hall–Kier alpha value is -4.84. The van der Waals surface area contributed by atoms with Crippen molar-refractivity contribution in [1.82, 2.24) is 0 Å². The molecule has 1 aliphatic carbocycles. The van der Waals surface area contributed by atoms with Crippen molar-refractivity contribution in [1.29, 1.82) is 0 Å². The van der Waals surface area contributed by atoms with Crippen LogP contribution in [0.4, 0.5) is 0 Å². The minimum absolute atomic E-state index is 0.0379. The molecule has 3 fully saturated rings. The average molecular weight is 1230 g/mol. The van der Waals surface area contributed by atoms with Gasteiger partial charge in [-0.3, -0.25) is 29.1 Å². The number of benzene rings is 1. The maximum Gasteiger partial charge on any atom is 0.297 e. The van der Waals surface area contributed by atoms with Gasteiger partial charge in [-0.05, 0) is 40.9 Å². The summed E-state index contributed by atoms with van der Waals surface area (Å²) in [7, 11) is -4.72. The number of ether oxygens (including phenoxy) is 9. The van der Waals surface area contributed by atoms with Crippen molar-refractivity contribution < 1.29 is 101 Å². The maximum absolute atomic E-state index is 14.6. The average Bonchev–Trinajstić information content (AvgIpc) is 2.13. The number of hydrogen-bond acceptors (Lipinski definition) is 26. The van der Waals surface area contributed by atoms with E-state index in [1.807, 2.05) is 41.5 Å². The van der Waals surface area contributed by atoms with Crippen LogP contribution >= 0.6 is 0 Å². The molecule has 1 saturated carbocycles. The van der Waals surface area contributed by atoms with Crippen LogP contribution in [0.3, 0.4) is 0 Å². The van der Waals surface area contributed by atoms with E-state index in [1.54, 1.807) is 116 Å². The van der Waals surface area contributed by atoms with Crippen molar-refractivity contribution in [2.45, 2.75) is 294 Å². The van der Waals surface area contributed by atoms with Gasteiger partial charge in [-0.1, -0.05) is 158 Å². The van der Waals surface area contributed by atoms with E-state index in [1.165, 1.54) is 0 Å². The quantitative estimate of drug-likeness (QED) is 0.0971. The summed E-state index contributed by atoms with van der Waals surface area (Å²) in [5.74, 6) is -0.575. The molecule has 1 aromatic rings. The molecular weight excluding hydrogens is 1130 g/mol. The number of hydrogen-bond donors (Lipinski definition) is 4. The van der Waals surface area contributed by atoms with Crippen LogP contribution in [0.2, 0.25) is 0 Å². The largest absolute Gasteiger partial charge is 0.595 e. The smallest absolute Gasteiger partial charge is 0.297 e. The molecular formula is C58H94N5O21S-5. The van der Waals surface area contributed by atoms with Crippen LogP contribution in [-0.4, -0.2) is 186 Å². The van der Waals surface area contributed by atoms with E-state index in [-0.39, 0.29) is 22.6 Å². The van der Waals surface area contributed by atoms with Gasteiger partial charge in [0.1, 0.15) is 90.1 Å². The third-order valence-electron chi connectivity index (χ3n) is 12.9. The van der Waals surface area contributed by atoms with Gasteiger partial charge in [0, 0.05) is 34.4 Å². The summed E-state index contributed by atoms with van der Waals surface area (Å²) < 4.78 is 87.6. The van der Waals surface area contributed by atoms with E-state index >= 15 is 0 Å². The van der Waals surface area contributed by atoms with Crippen molar-refractivity contribution in [2.24, 2.45) is 25.0 Å². The van der Waals surface area contributed by atoms with Gasteiger partial charge in [-0.15, -0.1) is 0 Å². The highest BCUT2D eigenvalue weighted by Gasteiger charge is 2.53. The molecule has 14 atom stereocenters. The zero-order valence-electron chi connectivity index (χ0n) is 53.2. The lowest BCUT2D eigenvalue weighted by Gasteiger charge is -2.48. The Morgan fingerprint density at radius 3 is 1.33 bits per heavy atom. The van der Waals surface area contributed by atoms with E-state index in [0.717, 1.165) is 5.56 Å². The predicted molar refractivity (Wildman–Crippen MR) is 304 cm³/mol. The summed E-state index contributed by atoms with van der Waals surface area (Å²) in [6.45, 7) is 33.5. The first-order chi connectivity index (χ1) is 38.6. The number of rotatable bonds is 17. The Kier molecular flexibility index (Phi) is 24.4. The molecule has 0 radical (unpaired) electrons. The first kappa shape index (κ1) is 72.6. The minimum atomic E-state index is -4.72. The summed E-state index contributed by atoms with van der Waals surface area (Å²) in [5.41, 5.74) is -3.54. The molecule has 3 aliphatic rings. The van der Waals surface area contributed by atoms with Gasteiger partial charge < -0.3 is 88.6 Å². The second-order valence-corrected chi connectivity index (χ2v) is 29.0. The fraction of sp³-hybridized carbons (Fsp3) is 0.810. The molecule has 14 unspecified atom stereocenters. The van der Waals surface area contributed by atoms with Crippen LogP contribution in [-0.2, 0) is 56.9 Å². The Labute approximate surface area is 501 Å². The third kappa shape index (κ3) is 22.4. The minimum Gasteiger partial charge on any atom is -0.595 e. The van der Waals surface area contributed by atoms with E-state index in [4.69, 9.17) is 46.8 Å².